The quantitative estimate of drug-likeness (QED) is 0.467. The molecular formula is C25H26N2O6S. The molecule has 1 N–H and O–H groups in total. The lowest BCUT2D eigenvalue weighted by atomic mass is 9.72. The van der Waals surface area contributed by atoms with E-state index < -0.39 is 29.0 Å². The highest BCUT2D eigenvalue weighted by Crippen LogP contribution is 2.48. The number of hydrogen-bond acceptors (Lipinski definition) is 7. The minimum atomic E-state index is -1.58. The number of anilines is 1. The number of carbonyl (C=O) groups is 3. The fourth-order valence-corrected chi connectivity index (χ4v) is 5.52. The highest BCUT2D eigenvalue weighted by atomic mass is 32.1. The molecule has 1 atom stereocenters. The summed E-state index contributed by atoms with van der Waals surface area (Å²) in [6.45, 7) is 7.29. The van der Waals surface area contributed by atoms with Gasteiger partial charge in [0.1, 0.15) is 22.9 Å². The number of amides is 1. The van der Waals surface area contributed by atoms with E-state index in [4.69, 9.17) is 9.15 Å². The lowest BCUT2D eigenvalue weighted by Gasteiger charge is -2.37. The van der Waals surface area contributed by atoms with E-state index in [2.05, 4.69) is 4.98 Å². The number of hydrogen-bond donors (Lipinski definition) is 1. The van der Waals surface area contributed by atoms with E-state index in [0.29, 0.717) is 39.9 Å². The minimum Gasteiger partial charge on any atom is -0.494 e. The van der Waals surface area contributed by atoms with Crippen molar-refractivity contribution < 1.29 is 28.6 Å². The number of ketones is 1. The molecule has 4 rings (SSSR count). The fourth-order valence-electron chi connectivity index (χ4n) is 4.24. The van der Waals surface area contributed by atoms with Crippen molar-refractivity contribution >= 4 is 34.0 Å². The molecule has 34 heavy (non-hydrogen) atoms. The molecule has 1 aromatic carbocycles. The van der Waals surface area contributed by atoms with Crippen LogP contribution in [0.4, 0.5) is 5.00 Å². The monoisotopic (exact) mass is 482 g/mol. The zero-order valence-corrected chi connectivity index (χ0v) is 20.3. The van der Waals surface area contributed by atoms with Gasteiger partial charge in [0.15, 0.2) is 5.78 Å². The first-order valence-corrected chi connectivity index (χ1v) is 11.8. The zero-order chi connectivity index (χ0) is 24.6. The molecule has 3 heterocycles. The molecule has 3 aromatic rings. The molecule has 0 saturated carbocycles. The van der Waals surface area contributed by atoms with E-state index in [1.54, 1.807) is 11.8 Å². The predicted molar refractivity (Wildman–Crippen MR) is 127 cm³/mol. The smallest absolute Gasteiger partial charge is 0.310 e. The van der Waals surface area contributed by atoms with Crippen molar-refractivity contribution in [3.63, 3.8) is 0 Å². The van der Waals surface area contributed by atoms with Crippen LogP contribution < -0.4 is 9.64 Å². The van der Waals surface area contributed by atoms with Gasteiger partial charge in [0, 0.05) is 6.54 Å². The largest absolute Gasteiger partial charge is 0.494 e. The molecule has 1 aliphatic rings. The van der Waals surface area contributed by atoms with Gasteiger partial charge in [-0.1, -0.05) is 18.2 Å². The molecule has 9 heteroatoms. The number of nitrogens with zero attached hydrogens (tertiary/aromatic N) is 2. The fraction of sp³-hybridized carbons (Fsp3) is 0.360. The van der Waals surface area contributed by atoms with Gasteiger partial charge < -0.3 is 19.2 Å². The van der Waals surface area contributed by atoms with Crippen LogP contribution >= 0.6 is 11.3 Å². The number of carboxylic acid groups (broad SMARTS) is 1. The number of aromatic nitrogens is 1. The number of para-hydroxylation sites is 1. The highest BCUT2D eigenvalue weighted by molar-refractivity contribution is 7.20. The van der Waals surface area contributed by atoms with Crippen LogP contribution in [-0.2, 0) is 16.0 Å². The van der Waals surface area contributed by atoms with Crippen molar-refractivity contribution in [1.82, 2.24) is 4.98 Å². The number of oxazole rings is 1. The average molecular weight is 483 g/mol. The van der Waals surface area contributed by atoms with Gasteiger partial charge >= 0.3 is 5.97 Å². The maximum Gasteiger partial charge on any atom is 0.310 e. The number of fused-ring (bicyclic) bond motifs is 1. The normalized spacial score (nSPS) is 16.0. The molecule has 1 aliphatic heterocycles. The molecule has 8 nitrogen and oxygen atoms in total. The van der Waals surface area contributed by atoms with E-state index in [-0.39, 0.29) is 6.54 Å². The Morgan fingerprint density at radius 3 is 2.68 bits per heavy atom. The topological polar surface area (TPSA) is 110 Å². The van der Waals surface area contributed by atoms with Crippen LogP contribution in [0.3, 0.4) is 0 Å². The van der Waals surface area contributed by atoms with Crippen LogP contribution in [0.25, 0.3) is 10.8 Å². The summed E-state index contributed by atoms with van der Waals surface area (Å²) in [5.74, 6) is -2.46. The van der Waals surface area contributed by atoms with Crippen molar-refractivity contribution in [1.29, 1.82) is 0 Å². The van der Waals surface area contributed by atoms with Crippen LogP contribution in [0.2, 0.25) is 0 Å². The predicted octanol–water partition coefficient (Wildman–Crippen LogP) is 4.61. The van der Waals surface area contributed by atoms with E-state index in [1.165, 1.54) is 37.6 Å². The molecule has 0 aliphatic carbocycles. The summed E-state index contributed by atoms with van der Waals surface area (Å²) in [5, 5.41) is 10.3. The van der Waals surface area contributed by atoms with Crippen LogP contribution in [0.1, 0.15) is 42.3 Å². The maximum absolute atomic E-state index is 13.7. The van der Waals surface area contributed by atoms with Gasteiger partial charge in [0.25, 0.3) is 0 Å². The Bertz CT molecular complexity index is 1240. The third kappa shape index (κ3) is 3.90. The Morgan fingerprint density at radius 2 is 2.03 bits per heavy atom. The number of thiophene rings is 1. The minimum absolute atomic E-state index is 0.264. The van der Waals surface area contributed by atoms with Gasteiger partial charge in [-0.15, -0.1) is 11.3 Å². The number of benzene rings is 1. The summed E-state index contributed by atoms with van der Waals surface area (Å²) in [6, 6.07) is 7.59. The van der Waals surface area contributed by atoms with Gasteiger partial charge in [-0.05, 0) is 51.3 Å². The molecule has 0 bridgehead atoms. The number of carboxylic acids is 1. The summed E-state index contributed by atoms with van der Waals surface area (Å²) in [4.78, 5) is 45.7. The van der Waals surface area contributed by atoms with Crippen molar-refractivity contribution in [3.05, 3.63) is 53.4 Å². The highest BCUT2D eigenvalue weighted by Gasteiger charge is 2.53. The van der Waals surface area contributed by atoms with Gasteiger partial charge in [-0.2, -0.15) is 0 Å². The summed E-state index contributed by atoms with van der Waals surface area (Å²) in [5.41, 5.74) is 0.331. The molecule has 0 fully saturated rings. The van der Waals surface area contributed by atoms with Crippen LogP contribution in [-0.4, -0.2) is 40.9 Å². The average Bonchev–Trinajstić information content (AvgIpc) is 3.43. The molecule has 2 aromatic heterocycles. The Morgan fingerprint density at radius 1 is 1.29 bits per heavy atom. The van der Waals surface area contributed by atoms with Gasteiger partial charge in [-0.3, -0.25) is 14.4 Å². The van der Waals surface area contributed by atoms with Crippen LogP contribution in [0, 0.1) is 18.3 Å². The SMILES string of the molecule is CCOc1ccccc1CCN1C(=O)C(C(C)(C)C(=O)O)C(=O)c2c1sc(-c1ncco1)c2C. The Balaban J connectivity index is 1.80. The Kier molecular flexibility index (Phi) is 6.31. The van der Waals surface area contributed by atoms with Crippen molar-refractivity contribution in [2.75, 3.05) is 18.1 Å². The molecule has 0 spiro atoms. The van der Waals surface area contributed by atoms with Gasteiger partial charge in [0.2, 0.25) is 11.8 Å². The van der Waals surface area contributed by atoms with Crippen LogP contribution in [0.5, 0.6) is 5.75 Å². The number of Topliss-reactive ketones (excluding diaryl/α,β-unsaturated/α-hetero) is 1. The molecular weight excluding hydrogens is 456 g/mol. The second-order valence-corrected chi connectivity index (χ2v) is 9.68. The van der Waals surface area contributed by atoms with Crippen molar-refractivity contribution in [3.8, 4) is 16.5 Å². The van der Waals surface area contributed by atoms with Crippen molar-refractivity contribution in [2.24, 2.45) is 11.3 Å². The van der Waals surface area contributed by atoms with E-state index in [0.717, 1.165) is 11.3 Å². The molecule has 0 radical (unpaired) electrons. The standard InChI is InChI=1S/C25H26N2O6S/c1-5-32-16-9-7-6-8-15(16)10-12-27-22(29)18(25(3,4)24(30)31)19(28)17-14(2)20(34-23(17)27)21-26-11-13-33-21/h6-9,11,13,18H,5,10,12H2,1-4H3,(H,30,31). The molecule has 0 saturated heterocycles. The zero-order valence-electron chi connectivity index (χ0n) is 19.5. The van der Waals surface area contributed by atoms with Gasteiger partial charge in [0.05, 0.1) is 28.7 Å². The molecule has 178 valence electrons. The van der Waals surface area contributed by atoms with Crippen LogP contribution in [0.15, 0.2) is 41.1 Å². The lowest BCUT2D eigenvalue weighted by Crippen LogP contribution is -2.52. The first-order valence-electron chi connectivity index (χ1n) is 11.0. The second kappa shape index (κ2) is 9.06. The lowest BCUT2D eigenvalue weighted by molar-refractivity contribution is -0.152. The van der Waals surface area contributed by atoms with Crippen molar-refractivity contribution in [2.45, 2.75) is 34.1 Å². The number of ether oxygens (including phenoxy) is 1. The third-order valence-electron chi connectivity index (χ3n) is 6.17. The number of aliphatic carboxylic acids is 1. The Labute approximate surface area is 201 Å². The van der Waals surface area contributed by atoms with E-state index in [1.807, 2.05) is 31.2 Å². The first-order chi connectivity index (χ1) is 16.2. The number of rotatable bonds is 8. The third-order valence-corrected chi connectivity index (χ3v) is 7.47. The molecule has 1 unspecified atom stereocenters. The summed E-state index contributed by atoms with van der Waals surface area (Å²) in [7, 11) is 0. The first kappa shape index (κ1) is 23.7. The van der Waals surface area contributed by atoms with Gasteiger partial charge in [-0.25, -0.2) is 4.98 Å². The summed E-state index contributed by atoms with van der Waals surface area (Å²) < 4.78 is 11.2. The second-order valence-electron chi connectivity index (χ2n) is 8.68. The Hall–Kier alpha value is -3.46. The number of carbonyl (C=O) groups excluding carboxylic acids is 2. The van der Waals surface area contributed by atoms with E-state index in [9.17, 15) is 19.5 Å². The maximum atomic E-state index is 13.7. The summed E-state index contributed by atoms with van der Waals surface area (Å²) in [6.07, 6.45) is 3.43. The van der Waals surface area contributed by atoms with E-state index >= 15 is 0 Å². The summed E-state index contributed by atoms with van der Waals surface area (Å²) >= 11 is 1.26. The molecule has 1 amide bonds.